The fourth-order valence-corrected chi connectivity index (χ4v) is 3.90. The summed E-state index contributed by atoms with van der Waals surface area (Å²) in [6, 6.07) is 1.98. The van der Waals surface area contributed by atoms with Gasteiger partial charge in [-0.15, -0.1) is 0 Å². The van der Waals surface area contributed by atoms with Gasteiger partial charge in [0.1, 0.15) is 5.69 Å². The third-order valence-corrected chi connectivity index (χ3v) is 5.45. The molecule has 1 aromatic heterocycles. The van der Waals surface area contributed by atoms with Crippen LogP contribution < -0.4 is 0 Å². The van der Waals surface area contributed by atoms with E-state index in [-0.39, 0.29) is 23.8 Å². The zero-order chi connectivity index (χ0) is 16.7. The Morgan fingerprint density at radius 1 is 1.29 bits per heavy atom. The summed E-state index contributed by atoms with van der Waals surface area (Å²) in [6.07, 6.45) is 4.17. The Labute approximate surface area is 141 Å². The van der Waals surface area contributed by atoms with Crippen LogP contribution >= 0.6 is 0 Å². The molecule has 4 heterocycles. The number of amides is 2. The number of rotatable bonds is 5. The molecule has 2 atom stereocenters. The number of hydrogen-bond acceptors (Lipinski definition) is 4. The maximum atomic E-state index is 12.8. The van der Waals surface area contributed by atoms with Crippen molar-refractivity contribution < 1.29 is 14.3 Å². The summed E-state index contributed by atoms with van der Waals surface area (Å²) in [5.41, 5.74) is 1.54. The number of piperidine rings is 1. The summed E-state index contributed by atoms with van der Waals surface area (Å²) >= 11 is 0. The van der Waals surface area contributed by atoms with Crippen LogP contribution in [-0.2, 0) is 9.53 Å². The minimum atomic E-state index is -0.0913. The van der Waals surface area contributed by atoms with E-state index in [4.69, 9.17) is 4.74 Å². The fraction of sp³-hybridized carbons (Fsp3) is 0.706. The average molecular weight is 332 g/mol. The molecular weight excluding hydrogens is 308 g/mol. The minimum Gasteiger partial charge on any atom is -0.383 e. The third-order valence-electron chi connectivity index (χ3n) is 5.45. The van der Waals surface area contributed by atoms with Crippen LogP contribution in [0.4, 0.5) is 0 Å². The molecule has 2 bridgehead atoms. The Bertz CT molecular complexity index is 640. The Morgan fingerprint density at radius 2 is 2.08 bits per heavy atom. The molecule has 1 aromatic rings. The molecule has 7 nitrogen and oxygen atoms in total. The van der Waals surface area contributed by atoms with Gasteiger partial charge in [-0.25, -0.2) is 0 Å². The van der Waals surface area contributed by atoms with Crippen molar-refractivity contribution in [3.8, 4) is 0 Å². The van der Waals surface area contributed by atoms with Gasteiger partial charge in [-0.1, -0.05) is 0 Å². The summed E-state index contributed by atoms with van der Waals surface area (Å²) in [7, 11) is 1.64. The molecule has 1 aliphatic carbocycles. The van der Waals surface area contributed by atoms with E-state index >= 15 is 0 Å². The molecule has 0 aromatic carbocycles. The van der Waals surface area contributed by atoms with Crippen LogP contribution in [0, 0.1) is 5.92 Å². The van der Waals surface area contributed by atoms with Crippen LogP contribution in [0.15, 0.2) is 6.07 Å². The smallest absolute Gasteiger partial charge is 0.274 e. The molecule has 7 heteroatoms. The highest BCUT2D eigenvalue weighted by Gasteiger charge is 2.42. The standard InChI is InChI=1S/C17H24N4O3/c1-24-7-6-21-13-5-4-12(16(21)22)9-20(10-13)17(23)15-8-14(18-19-15)11-2-3-11/h8,11-13H,2-7,9-10H2,1H3,(H,18,19). The predicted octanol–water partition coefficient (Wildman–Crippen LogP) is 0.996. The van der Waals surface area contributed by atoms with Gasteiger partial charge in [-0.05, 0) is 31.7 Å². The molecule has 0 radical (unpaired) electrons. The topological polar surface area (TPSA) is 78.5 Å². The quantitative estimate of drug-likeness (QED) is 0.872. The van der Waals surface area contributed by atoms with Gasteiger partial charge in [0.05, 0.1) is 12.5 Å². The Kier molecular flexibility index (Phi) is 4.04. The van der Waals surface area contributed by atoms with E-state index in [0.29, 0.717) is 37.9 Å². The highest BCUT2D eigenvalue weighted by Crippen LogP contribution is 2.39. The van der Waals surface area contributed by atoms with Gasteiger partial charge in [0, 0.05) is 44.4 Å². The first-order chi connectivity index (χ1) is 11.7. The number of aromatic amines is 1. The van der Waals surface area contributed by atoms with Gasteiger partial charge in [0.25, 0.3) is 5.91 Å². The van der Waals surface area contributed by atoms with Crippen LogP contribution in [0.3, 0.4) is 0 Å². The van der Waals surface area contributed by atoms with Gasteiger partial charge in [-0.2, -0.15) is 5.10 Å². The molecule has 24 heavy (non-hydrogen) atoms. The number of aromatic nitrogens is 2. The highest BCUT2D eigenvalue weighted by atomic mass is 16.5. The van der Waals surface area contributed by atoms with Crippen molar-refractivity contribution in [2.24, 2.45) is 5.92 Å². The summed E-state index contributed by atoms with van der Waals surface area (Å²) < 4.78 is 5.13. The van der Waals surface area contributed by atoms with Crippen molar-refractivity contribution in [2.45, 2.75) is 37.6 Å². The SMILES string of the molecule is COCCN1C(=O)C2CCC1CN(C(=O)c1cc(C3CC3)[nH]n1)C2. The Hall–Kier alpha value is -1.89. The second kappa shape index (κ2) is 6.20. The molecule has 0 spiro atoms. The van der Waals surface area contributed by atoms with Crippen molar-refractivity contribution in [1.29, 1.82) is 0 Å². The lowest BCUT2D eigenvalue weighted by atomic mass is 9.94. The number of hydrogen-bond donors (Lipinski definition) is 1. The zero-order valence-corrected chi connectivity index (χ0v) is 14.0. The lowest BCUT2D eigenvalue weighted by Crippen LogP contribution is -2.49. The second-order valence-corrected chi connectivity index (χ2v) is 7.15. The summed E-state index contributed by atoms with van der Waals surface area (Å²) in [6.45, 7) is 2.24. The first-order valence-corrected chi connectivity index (χ1v) is 8.81. The molecular formula is C17H24N4O3. The minimum absolute atomic E-state index is 0.0589. The molecule has 1 N–H and O–H groups in total. The number of H-pyrrole nitrogens is 1. The first kappa shape index (κ1) is 15.6. The number of fused-ring (bicyclic) bond motifs is 4. The highest BCUT2D eigenvalue weighted by molar-refractivity contribution is 5.93. The van der Waals surface area contributed by atoms with E-state index < -0.39 is 0 Å². The average Bonchev–Trinajstić information content (AvgIpc) is 3.37. The van der Waals surface area contributed by atoms with E-state index in [1.54, 1.807) is 7.11 Å². The molecule has 4 aliphatic rings. The molecule has 2 amide bonds. The fourth-order valence-electron chi connectivity index (χ4n) is 3.90. The second-order valence-electron chi connectivity index (χ2n) is 7.15. The first-order valence-electron chi connectivity index (χ1n) is 8.81. The normalized spacial score (nSPS) is 26.8. The maximum Gasteiger partial charge on any atom is 0.274 e. The maximum absolute atomic E-state index is 12.8. The van der Waals surface area contributed by atoms with Crippen molar-refractivity contribution in [1.82, 2.24) is 20.0 Å². The Morgan fingerprint density at radius 3 is 2.83 bits per heavy atom. The van der Waals surface area contributed by atoms with Gasteiger partial charge in [0.2, 0.25) is 5.91 Å². The van der Waals surface area contributed by atoms with E-state index in [2.05, 4.69) is 10.2 Å². The molecule has 2 unspecified atom stereocenters. The predicted molar refractivity (Wildman–Crippen MR) is 86.6 cm³/mol. The van der Waals surface area contributed by atoms with Gasteiger partial charge in [-0.3, -0.25) is 14.7 Å². The van der Waals surface area contributed by atoms with Crippen LogP contribution in [0.1, 0.15) is 47.8 Å². The largest absolute Gasteiger partial charge is 0.383 e. The van der Waals surface area contributed by atoms with Crippen LogP contribution in [0.25, 0.3) is 0 Å². The zero-order valence-electron chi connectivity index (χ0n) is 14.0. The van der Waals surface area contributed by atoms with Crippen LogP contribution in [0.2, 0.25) is 0 Å². The monoisotopic (exact) mass is 332 g/mol. The van der Waals surface area contributed by atoms with Crippen molar-refractivity contribution in [3.63, 3.8) is 0 Å². The van der Waals surface area contributed by atoms with Crippen LogP contribution in [0.5, 0.6) is 0 Å². The molecule has 3 saturated heterocycles. The van der Waals surface area contributed by atoms with E-state index in [1.807, 2.05) is 15.9 Å². The van der Waals surface area contributed by atoms with Gasteiger partial charge in [0.15, 0.2) is 0 Å². The lowest BCUT2D eigenvalue weighted by Gasteiger charge is -2.35. The number of methoxy groups -OCH3 is 1. The van der Waals surface area contributed by atoms with Crippen LogP contribution in [-0.4, -0.2) is 71.2 Å². The van der Waals surface area contributed by atoms with Crippen molar-refractivity contribution in [3.05, 3.63) is 17.5 Å². The summed E-state index contributed by atoms with van der Waals surface area (Å²) in [5, 5.41) is 7.20. The third kappa shape index (κ3) is 2.81. The van der Waals surface area contributed by atoms with Crippen molar-refractivity contribution in [2.75, 3.05) is 33.4 Å². The molecule has 5 rings (SSSR count). The number of ether oxygens (including phenoxy) is 1. The Balaban J connectivity index is 1.50. The lowest BCUT2D eigenvalue weighted by molar-refractivity contribution is -0.140. The number of carbonyl (C=O) groups excluding carboxylic acids is 2. The molecule has 130 valence electrons. The van der Waals surface area contributed by atoms with E-state index in [0.717, 1.165) is 18.5 Å². The summed E-state index contributed by atoms with van der Waals surface area (Å²) in [4.78, 5) is 29.2. The summed E-state index contributed by atoms with van der Waals surface area (Å²) in [5.74, 6) is 0.563. The van der Waals surface area contributed by atoms with Crippen molar-refractivity contribution >= 4 is 11.8 Å². The van der Waals surface area contributed by atoms with E-state index in [1.165, 1.54) is 12.8 Å². The van der Waals surface area contributed by atoms with Gasteiger partial charge >= 0.3 is 0 Å². The number of nitrogens with zero attached hydrogens (tertiary/aromatic N) is 3. The number of nitrogens with one attached hydrogen (secondary N) is 1. The molecule has 3 aliphatic heterocycles. The van der Waals surface area contributed by atoms with Gasteiger partial charge < -0.3 is 14.5 Å². The molecule has 4 fully saturated rings. The number of carbonyl (C=O) groups is 2. The molecule has 1 saturated carbocycles. The van der Waals surface area contributed by atoms with E-state index in [9.17, 15) is 9.59 Å².